The van der Waals surface area contributed by atoms with Gasteiger partial charge in [0.05, 0.1) is 5.75 Å². The summed E-state index contributed by atoms with van der Waals surface area (Å²) in [5, 5.41) is 3.22. The van der Waals surface area contributed by atoms with Crippen LogP contribution in [0.2, 0.25) is 0 Å². The number of sulfonamides is 1. The SMILES string of the molecule is CCCNCCCS(=O)(=O)NCC1(CC)CCC1. The van der Waals surface area contributed by atoms with Gasteiger partial charge in [-0.2, -0.15) is 0 Å². The molecule has 0 unspecified atom stereocenters. The first-order valence-electron chi connectivity index (χ1n) is 7.22. The molecule has 0 aromatic carbocycles. The predicted octanol–water partition coefficient (Wildman–Crippen LogP) is 1.88. The molecule has 1 aliphatic rings. The van der Waals surface area contributed by atoms with Crippen LogP contribution in [0.1, 0.15) is 52.4 Å². The summed E-state index contributed by atoms with van der Waals surface area (Å²) in [7, 11) is -3.08. The van der Waals surface area contributed by atoms with E-state index in [2.05, 4.69) is 23.9 Å². The quantitative estimate of drug-likeness (QED) is 0.599. The highest BCUT2D eigenvalue weighted by molar-refractivity contribution is 7.89. The van der Waals surface area contributed by atoms with E-state index >= 15 is 0 Å². The number of hydrogen-bond acceptors (Lipinski definition) is 3. The Morgan fingerprint density at radius 1 is 1.17 bits per heavy atom. The fraction of sp³-hybridized carbons (Fsp3) is 1.00. The standard InChI is InChI=1S/C13H28N2O2S/c1-3-9-14-10-6-11-18(16,17)15-12-13(4-2)7-5-8-13/h14-15H,3-12H2,1-2H3. The second-order valence-corrected chi connectivity index (χ2v) is 7.38. The Kier molecular flexibility index (Phi) is 6.60. The minimum absolute atomic E-state index is 0.240. The fourth-order valence-electron chi connectivity index (χ4n) is 2.36. The number of nitrogens with one attached hydrogen (secondary N) is 2. The molecule has 2 N–H and O–H groups in total. The van der Waals surface area contributed by atoms with Crippen molar-refractivity contribution in [1.82, 2.24) is 10.0 Å². The van der Waals surface area contributed by atoms with E-state index in [1.165, 1.54) is 19.3 Å². The highest BCUT2D eigenvalue weighted by Gasteiger charge is 2.35. The van der Waals surface area contributed by atoms with Crippen molar-refractivity contribution in [2.75, 3.05) is 25.4 Å². The number of hydrogen-bond donors (Lipinski definition) is 2. The van der Waals surface area contributed by atoms with Crippen LogP contribution in [0, 0.1) is 5.41 Å². The molecule has 0 saturated heterocycles. The van der Waals surface area contributed by atoms with E-state index in [1.54, 1.807) is 0 Å². The summed E-state index contributed by atoms with van der Waals surface area (Å²) in [6.45, 7) is 6.64. The summed E-state index contributed by atoms with van der Waals surface area (Å²) in [4.78, 5) is 0. The largest absolute Gasteiger partial charge is 0.317 e. The topological polar surface area (TPSA) is 58.2 Å². The highest BCUT2D eigenvalue weighted by atomic mass is 32.2. The van der Waals surface area contributed by atoms with Crippen LogP contribution in [-0.4, -0.2) is 33.8 Å². The Morgan fingerprint density at radius 2 is 1.89 bits per heavy atom. The molecule has 0 amide bonds. The molecular weight excluding hydrogens is 248 g/mol. The van der Waals surface area contributed by atoms with Crippen LogP contribution in [0.5, 0.6) is 0 Å². The third kappa shape index (κ3) is 5.24. The van der Waals surface area contributed by atoms with Crippen LogP contribution in [-0.2, 0) is 10.0 Å². The van der Waals surface area contributed by atoms with Gasteiger partial charge in [0.15, 0.2) is 0 Å². The van der Waals surface area contributed by atoms with Crippen molar-refractivity contribution in [3.63, 3.8) is 0 Å². The summed E-state index contributed by atoms with van der Waals surface area (Å²) in [6, 6.07) is 0. The van der Waals surface area contributed by atoms with Crippen LogP contribution in [0.15, 0.2) is 0 Å². The molecule has 108 valence electrons. The Bertz CT molecular complexity index is 318. The molecular formula is C13H28N2O2S. The summed E-state index contributed by atoms with van der Waals surface area (Å²) in [6.07, 6.45) is 6.44. The maximum atomic E-state index is 11.8. The third-order valence-electron chi connectivity index (χ3n) is 4.02. The fourth-order valence-corrected chi connectivity index (χ4v) is 3.55. The third-order valence-corrected chi connectivity index (χ3v) is 5.43. The average molecular weight is 276 g/mol. The Hall–Kier alpha value is -0.130. The summed E-state index contributed by atoms with van der Waals surface area (Å²) in [5.74, 6) is 0.240. The molecule has 0 atom stereocenters. The second kappa shape index (κ2) is 7.46. The lowest BCUT2D eigenvalue weighted by Crippen LogP contribution is -2.42. The lowest BCUT2D eigenvalue weighted by molar-refractivity contribution is 0.133. The molecule has 0 radical (unpaired) electrons. The maximum absolute atomic E-state index is 11.8. The molecule has 0 aromatic rings. The first-order valence-corrected chi connectivity index (χ1v) is 8.87. The Morgan fingerprint density at radius 3 is 2.39 bits per heavy atom. The van der Waals surface area contributed by atoms with Gasteiger partial charge in [0.1, 0.15) is 0 Å². The minimum Gasteiger partial charge on any atom is -0.317 e. The van der Waals surface area contributed by atoms with Gasteiger partial charge in [-0.25, -0.2) is 13.1 Å². The minimum atomic E-state index is -3.08. The van der Waals surface area contributed by atoms with Crippen LogP contribution in [0.25, 0.3) is 0 Å². The molecule has 0 aromatic heterocycles. The van der Waals surface area contributed by atoms with E-state index in [1.807, 2.05) is 0 Å². The van der Waals surface area contributed by atoms with Crippen molar-refractivity contribution in [1.29, 1.82) is 0 Å². The van der Waals surface area contributed by atoms with Crippen LogP contribution in [0.3, 0.4) is 0 Å². The summed E-state index contributed by atoms with van der Waals surface area (Å²) < 4.78 is 26.4. The van der Waals surface area contributed by atoms with Crippen molar-refractivity contribution < 1.29 is 8.42 Å². The predicted molar refractivity (Wildman–Crippen MR) is 76.1 cm³/mol. The second-order valence-electron chi connectivity index (χ2n) is 5.45. The normalized spacial score (nSPS) is 18.6. The van der Waals surface area contributed by atoms with Crippen LogP contribution in [0.4, 0.5) is 0 Å². The van der Waals surface area contributed by atoms with E-state index in [0.717, 1.165) is 25.9 Å². The lowest BCUT2D eigenvalue weighted by atomic mass is 9.67. The van der Waals surface area contributed by atoms with Gasteiger partial charge in [0.25, 0.3) is 0 Å². The zero-order chi connectivity index (χ0) is 13.5. The Balaban J connectivity index is 2.19. The van der Waals surface area contributed by atoms with E-state index < -0.39 is 10.0 Å². The van der Waals surface area contributed by atoms with Gasteiger partial charge in [-0.3, -0.25) is 0 Å². The molecule has 18 heavy (non-hydrogen) atoms. The molecule has 0 heterocycles. The van der Waals surface area contributed by atoms with Crippen molar-refractivity contribution in [3.8, 4) is 0 Å². The lowest BCUT2D eigenvalue weighted by Gasteiger charge is -2.41. The van der Waals surface area contributed by atoms with E-state index in [-0.39, 0.29) is 11.2 Å². The van der Waals surface area contributed by atoms with Gasteiger partial charge in [0.2, 0.25) is 10.0 Å². The van der Waals surface area contributed by atoms with Crippen molar-refractivity contribution >= 4 is 10.0 Å². The highest BCUT2D eigenvalue weighted by Crippen LogP contribution is 2.43. The van der Waals surface area contributed by atoms with E-state index in [0.29, 0.717) is 13.0 Å². The molecule has 1 saturated carbocycles. The molecule has 0 bridgehead atoms. The molecule has 1 aliphatic carbocycles. The Labute approximate surface area is 112 Å². The van der Waals surface area contributed by atoms with Crippen molar-refractivity contribution in [2.24, 2.45) is 5.41 Å². The van der Waals surface area contributed by atoms with Crippen LogP contribution < -0.4 is 10.0 Å². The van der Waals surface area contributed by atoms with Gasteiger partial charge in [-0.05, 0) is 50.6 Å². The zero-order valence-electron chi connectivity index (χ0n) is 11.8. The van der Waals surface area contributed by atoms with E-state index in [4.69, 9.17) is 0 Å². The molecule has 4 nitrogen and oxygen atoms in total. The molecule has 0 spiro atoms. The smallest absolute Gasteiger partial charge is 0.211 e. The van der Waals surface area contributed by atoms with Crippen LogP contribution >= 0.6 is 0 Å². The van der Waals surface area contributed by atoms with Crippen molar-refractivity contribution in [2.45, 2.75) is 52.4 Å². The molecule has 1 fully saturated rings. The average Bonchev–Trinajstić information content (AvgIpc) is 2.28. The first-order chi connectivity index (χ1) is 8.54. The monoisotopic (exact) mass is 276 g/mol. The van der Waals surface area contributed by atoms with Gasteiger partial charge in [0, 0.05) is 6.54 Å². The van der Waals surface area contributed by atoms with Gasteiger partial charge < -0.3 is 5.32 Å². The van der Waals surface area contributed by atoms with Gasteiger partial charge >= 0.3 is 0 Å². The van der Waals surface area contributed by atoms with Gasteiger partial charge in [-0.1, -0.05) is 20.3 Å². The zero-order valence-corrected chi connectivity index (χ0v) is 12.6. The van der Waals surface area contributed by atoms with Gasteiger partial charge in [-0.15, -0.1) is 0 Å². The molecule has 5 heteroatoms. The summed E-state index contributed by atoms with van der Waals surface area (Å²) in [5.41, 5.74) is 0.257. The number of rotatable bonds is 10. The maximum Gasteiger partial charge on any atom is 0.211 e. The molecule has 0 aliphatic heterocycles. The summed E-state index contributed by atoms with van der Waals surface area (Å²) >= 11 is 0. The van der Waals surface area contributed by atoms with E-state index in [9.17, 15) is 8.42 Å². The van der Waals surface area contributed by atoms with Crippen molar-refractivity contribution in [3.05, 3.63) is 0 Å². The first kappa shape index (κ1) is 15.9. The molecule has 1 rings (SSSR count).